The minimum atomic E-state index is 0.213. The van der Waals surface area contributed by atoms with Crippen LogP contribution < -0.4 is 11.3 Å². The molecule has 0 aromatic heterocycles. The molecule has 0 aliphatic rings. The highest BCUT2D eigenvalue weighted by molar-refractivity contribution is 6.30. The fraction of sp³-hybridized carbons (Fsp3) is 0.538. The van der Waals surface area contributed by atoms with Crippen LogP contribution in [0.5, 0.6) is 0 Å². The Labute approximate surface area is 103 Å². The van der Waals surface area contributed by atoms with E-state index in [4.69, 9.17) is 17.4 Å². The largest absolute Gasteiger partial charge is 0.271 e. The lowest BCUT2D eigenvalue weighted by atomic mass is 9.97. The normalized spacial score (nSPS) is 12.8. The molecule has 1 rings (SSSR count). The van der Waals surface area contributed by atoms with Crippen molar-refractivity contribution >= 4 is 11.6 Å². The molecule has 0 aliphatic carbocycles. The van der Waals surface area contributed by atoms with Crippen molar-refractivity contribution in [2.24, 2.45) is 5.84 Å². The first-order chi connectivity index (χ1) is 7.69. The van der Waals surface area contributed by atoms with Gasteiger partial charge in [-0.3, -0.25) is 11.3 Å². The number of hydrogen-bond donors (Lipinski definition) is 2. The Morgan fingerprint density at radius 1 is 1.38 bits per heavy atom. The van der Waals surface area contributed by atoms with Crippen molar-refractivity contribution in [3.05, 3.63) is 34.3 Å². The molecule has 1 unspecified atom stereocenters. The standard InChI is InChI=1S/C13H21ClN2/c1-3-4-5-6-13(16-15)12-9-11(14)8-7-10(12)2/h7-9,13,16H,3-6,15H2,1-2H3. The van der Waals surface area contributed by atoms with E-state index in [2.05, 4.69) is 19.3 Å². The number of unbranched alkanes of at least 4 members (excludes halogenated alkanes) is 2. The van der Waals surface area contributed by atoms with E-state index in [0.717, 1.165) is 11.4 Å². The van der Waals surface area contributed by atoms with E-state index in [1.807, 2.05) is 18.2 Å². The van der Waals surface area contributed by atoms with Gasteiger partial charge in [0.1, 0.15) is 0 Å². The van der Waals surface area contributed by atoms with Crippen LogP contribution in [0.4, 0.5) is 0 Å². The van der Waals surface area contributed by atoms with E-state index >= 15 is 0 Å². The molecule has 0 fully saturated rings. The molecule has 0 amide bonds. The Kier molecular flexibility index (Phi) is 5.81. The molecular weight excluding hydrogens is 220 g/mol. The van der Waals surface area contributed by atoms with Crippen molar-refractivity contribution < 1.29 is 0 Å². The third-order valence-electron chi connectivity index (χ3n) is 2.91. The van der Waals surface area contributed by atoms with Gasteiger partial charge < -0.3 is 0 Å². The minimum Gasteiger partial charge on any atom is -0.271 e. The summed E-state index contributed by atoms with van der Waals surface area (Å²) in [5.41, 5.74) is 5.34. The second kappa shape index (κ2) is 6.89. The van der Waals surface area contributed by atoms with Gasteiger partial charge in [-0.1, -0.05) is 43.9 Å². The Morgan fingerprint density at radius 2 is 2.12 bits per heavy atom. The maximum atomic E-state index is 6.01. The van der Waals surface area contributed by atoms with Gasteiger partial charge in [-0.15, -0.1) is 0 Å². The summed E-state index contributed by atoms with van der Waals surface area (Å²) in [4.78, 5) is 0. The van der Waals surface area contributed by atoms with Crippen molar-refractivity contribution in [1.82, 2.24) is 5.43 Å². The van der Waals surface area contributed by atoms with Gasteiger partial charge in [0.15, 0.2) is 0 Å². The second-order valence-electron chi connectivity index (χ2n) is 4.22. The van der Waals surface area contributed by atoms with Crippen LogP contribution in [0.3, 0.4) is 0 Å². The average Bonchev–Trinajstić information content (AvgIpc) is 2.28. The molecule has 0 saturated heterocycles. The van der Waals surface area contributed by atoms with Gasteiger partial charge in [-0.05, 0) is 36.6 Å². The van der Waals surface area contributed by atoms with Crippen molar-refractivity contribution in [3.8, 4) is 0 Å². The number of halogens is 1. The molecule has 0 spiro atoms. The Bertz CT molecular complexity index is 326. The van der Waals surface area contributed by atoms with Gasteiger partial charge in [-0.25, -0.2) is 0 Å². The number of rotatable bonds is 6. The molecule has 0 heterocycles. The number of nitrogens with one attached hydrogen (secondary N) is 1. The van der Waals surface area contributed by atoms with E-state index in [1.165, 1.54) is 30.4 Å². The lowest BCUT2D eigenvalue weighted by molar-refractivity contribution is 0.485. The summed E-state index contributed by atoms with van der Waals surface area (Å²) in [6.45, 7) is 4.30. The summed E-state index contributed by atoms with van der Waals surface area (Å²) in [6, 6.07) is 6.18. The quantitative estimate of drug-likeness (QED) is 0.452. The molecule has 16 heavy (non-hydrogen) atoms. The van der Waals surface area contributed by atoms with Crippen molar-refractivity contribution in [2.75, 3.05) is 0 Å². The van der Waals surface area contributed by atoms with Crippen molar-refractivity contribution in [2.45, 2.75) is 45.6 Å². The zero-order valence-corrected chi connectivity index (χ0v) is 10.8. The molecule has 1 atom stereocenters. The zero-order chi connectivity index (χ0) is 12.0. The SMILES string of the molecule is CCCCCC(NN)c1cc(Cl)ccc1C. The predicted molar refractivity (Wildman–Crippen MR) is 70.4 cm³/mol. The third-order valence-corrected chi connectivity index (χ3v) is 3.15. The van der Waals surface area contributed by atoms with Gasteiger partial charge >= 0.3 is 0 Å². The van der Waals surface area contributed by atoms with Crippen LogP contribution in [0.25, 0.3) is 0 Å². The first kappa shape index (κ1) is 13.5. The van der Waals surface area contributed by atoms with Gasteiger partial charge in [0.05, 0.1) is 0 Å². The first-order valence-corrected chi connectivity index (χ1v) is 6.29. The van der Waals surface area contributed by atoms with Gasteiger partial charge in [-0.2, -0.15) is 0 Å². The average molecular weight is 241 g/mol. The molecule has 3 heteroatoms. The monoisotopic (exact) mass is 240 g/mol. The molecule has 1 aromatic rings. The Hall–Kier alpha value is -0.570. The number of aryl methyl sites for hydroxylation is 1. The van der Waals surface area contributed by atoms with Crippen molar-refractivity contribution in [3.63, 3.8) is 0 Å². The highest BCUT2D eigenvalue weighted by atomic mass is 35.5. The van der Waals surface area contributed by atoms with Crippen molar-refractivity contribution in [1.29, 1.82) is 0 Å². The van der Waals surface area contributed by atoms with Crippen LogP contribution in [0.1, 0.15) is 49.8 Å². The molecule has 0 bridgehead atoms. The molecule has 2 nitrogen and oxygen atoms in total. The maximum absolute atomic E-state index is 6.01. The highest BCUT2D eigenvalue weighted by Gasteiger charge is 2.12. The first-order valence-electron chi connectivity index (χ1n) is 5.91. The van der Waals surface area contributed by atoms with Crippen LogP contribution in [-0.2, 0) is 0 Å². The molecule has 0 aliphatic heterocycles. The summed E-state index contributed by atoms with van der Waals surface area (Å²) >= 11 is 6.01. The number of nitrogens with two attached hydrogens (primary N) is 1. The van der Waals surface area contributed by atoms with E-state index in [-0.39, 0.29) is 6.04 Å². The van der Waals surface area contributed by atoms with E-state index < -0.39 is 0 Å². The molecule has 90 valence electrons. The number of hydrogen-bond acceptors (Lipinski definition) is 2. The lowest BCUT2D eigenvalue weighted by Crippen LogP contribution is -2.28. The topological polar surface area (TPSA) is 38.0 Å². The summed E-state index contributed by atoms with van der Waals surface area (Å²) in [5.74, 6) is 5.61. The smallest absolute Gasteiger partial charge is 0.0463 e. The van der Waals surface area contributed by atoms with Crippen LogP contribution >= 0.6 is 11.6 Å². The molecule has 1 aromatic carbocycles. The number of hydrazine groups is 1. The van der Waals surface area contributed by atoms with E-state index in [9.17, 15) is 0 Å². The van der Waals surface area contributed by atoms with Crippen LogP contribution in [0.15, 0.2) is 18.2 Å². The van der Waals surface area contributed by atoms with E-state index in [1.54, 1.807) is 0 Å². The summed E-state index contributed by atoms with van der Waals surface area (Å²) in [6.07, 6.45) is 4.73. The Morgan fingerprint density at radius 3 is 2.75 bits per heavy atom. The maximum Gasteiger partial charge on any atom is 0.0463 e. The highest BCUT2D eigenvalue weighted by Crippen LogP contribution is 2.25. The number of benzene rings is 1. The third kappa shape index (κ3) is 3.78. The molecule has 0 saturated carbocycles. The summed E-state index contributed by atoms with van der Waals surface area (Å²) in [7, 11) is 0. The summed E-state index contributed by atoms with van der Waals surface area (Å²) in [5, 5.41) is 0.774. The molecule has 0 radical (unpaired) electrons. The second-order valence-corrected chi connectivity index (χ2v) is 4.65. The predicted octanol–water partition coefficient (Wildman–Crippen LogP) is 3.73. The van der Waals surface area contributed by atoms with Crippen LogP contribution in [0.2, 0.25) is 5.02 Å². The van der Waals surface area contributed by atoms with E-state index in [0.29, 0.717) is 0 Å². The van der Waals surface area contributed by atoms with Crippen LogP contribution in [-0.4, -0.2) is 0 Å². The Balaban J connectivity index is 2.73. The van der Waals surface area contributed by atoms with Gasteiger partial charge in [0.25, 0.3) is 0 Å². The summed E-state index contributed by atoms with van der Waals surface area (Å²) < 4.78 is 0. The zero-order valence-electron chi connectivity index (χ0n) is 10.1. The fourth-order valence-corrected chi connectivity index (χ4v) is 2.09. The molecular formula is C13H21ClN2. The van der Waals surface area contributed by atoms with Gasteiger partial charge in [0.2, 0.25) is 0 Å². The van der Waals surface area contributed by atoms with Gasteiger partial charge in [0, 0.05) is 11.1 Å². The lowest BCUT2D eigenvalue weighted by Gasteiger charge is -2.18. The minimum absolute atomic E-state index is 0.213. The van der Waals surface area contributed by atoms with Crippen LogP contribution in [0, 0.1) is 6.92 Å². The fourth-order valence-electron chi connectivity index (χ4n) is 1.91. The molecule has 3 N–H and O–H groups in total.